The number of fused-ring (bicyclic) bond motifs is 6. The van der Waals surface area contributed by atoms with E-state index in [1.807, 2.05) is 0 Å². The quantitative estimate of drug-likeness (QED) is 0.135. The van der Waals surface area contributed by atoms with E-state index in [0.717, 1.165) is 34.0 Å². The van der Waals surface area contributed by atoms with E-state index in [1.165, 1.54) is 70.4 Å². The molecule has 12 rings (SSSR count). The Kier molecular flexibility index (Phi) is 9.86. The number of hydrogen-bond donors (Lipinski definition) is 0. The molecule has 0 spiro atoms. The van der Waals surface area contributed by atoms with Crippen LogP contribution in [0.4, 0.5) is 0 Å². The summed E-state index contributed by atoms with van der Waals surface area (Å²) in [5, 5.41) is 7.65. The second-order valence-electron chi connectivity index (χ2n) is 19.3. The van der Waals surface area contributed by atoms with Crippen LogP contribution in [0, 0.1) is 0 Å². The predicted molar refractivity (Wildman–Crippen MR) is 287 cm³/mol. The summed E-state index contributed by atoms with van der Waals surface area (Å²) in [6.07, 6.45) is 0. The lowest BCUT2D eigenvalue weighted by molar-refractivity contribution is 0.641. The van der Waals surface area contributed by atoms with E-state index >= 15 is 0 Å². The fraction of sp³-hybridized carbons (Fsp3) is 0.0938. The van der Waals surface area contributed by atoms with Crippen LogP contribution in [0.2, 0.25) is 0 Å². The van der Waals surface area contributed by atoms with Gasteiger partial charge in [-0.15, -0.1) is 0 Å². The molecule has 1 aliphatic rings. The largest absolute Gasteiger partial charge is 0.309 e. The zero-order chi connectivity index (χ0) is 46.0. The van der Waals surface area contributed by atoms with Crippen LogP contribution < -0.4 is 20.7 Å². The molecule has 0 bridgehead atoms. The molecule has 0 unspecified atom stereocenters. The van der Waals surface area contributed by atoms with Gasteiger partial charge in [-0.05, 0) is 74.2 Å². The van der Waals surface area contributed by atoms with E-state index in [9.17, 15) is 0 Å². The van der Waals surface area contributed by atoms with Gasteiger partial charge in [0.2, 0.25) is 0 Å². The molecule has 3 heterocycles. The van der Waals surface area contributed by atoms with Gasteiger partial charge in [-0.3, -0.25) is 0 Å². The van der Waals surface area contributed by atoms with Crippen LogP contribution in [-0.4, -0.2) is 22.6 Å². The van der Waals surface area contributed by atoms with Crippen LogP contribution in [0.25, 0.3) is 61.4 Å². The lowest BCUT2D eigenvalue weighted by Crippen LogP contribution is -2.73. The normalized spacial score (nSPS) is 13.1. The number of nitrogens with zero attached hydrogens (tertiary/aromatic N) is 3. The molecule has 0 saturated heterocycles. The van der Waals surface area contributed by atoms with Crippen LogP contribution in [0.3, 0.4) is 0 Å². The molecule has 4 heteroatoms. The average molecular weight is 890 g/mol. The molecule has 0 fully saturated rings. The van der Waals surface area contributed by atoms with Gasteiger partial charge >= 0.3 is 0 Å². The summed E-state index contributed by atoms with van der Waals surface area (Å²) in [7, 11) is -3.14. The summed E-state index contributed by atoms with van der Waals surface area (Å²) in [5.74, 6) is 0.731. The number of benzene rings is 9. The SMILES string of the molecule is CC(C)(c1ccccc1)c1ccc2c(c1)c1cc(C(C)(C)c3ccccc3)ccc1n2-c1ccc2c(c1)[Si](c1ccccc1)(c1ccccc1)c1c(-c3ccccc3)nc(-c3ccccc3)nc1-2. The number of hydrogen-bond acceptors (Lipinski definition) is 2. The molecule has 326 valence electrons. The third-order valence-electron chi connectivity index (χ3n) is 14.9. The minimum Gasteiger partial charge on any atom is -0.309 e. The first-order valence-electron chi connectivity index (χ1n) is 23.7. The van der Waals surface area contributed by atoms with Crippen LogP contribution in [0.5, 0.6) is 0 Å². The Hall–Kier alpha value is -7.92. The molecule has 1 aliphatic heterocycles. The van der Waals surface area contributed by atoms with E-state index in [-0.39, 0.29) is 10.8 Å². The maximum absolute atomic E-state index is 5.62. The monoisotopic (exact) mass is 889 g/mol. The second kappa shape index (κ2) is 16.2. The Morgan fingerprint density at radius 2 is 0.809 bits per heavy atom. The smallest absolute Gasteiger partial charge is 0.185 e. The Morgan fingerprint density at radius 3 is 1.29 bits per heavy atom. The van der Waals surface area contributed by atoms with Crippen LogP contribution >= 0.6 is 0 Å². The molecule has 2 aromatic heterocycles. The molecule has 0 aliphatic carbocycles. The van der Waals surface area contributed by atoms with Crippen molar-refractivity contribution in [3.8, 4) is 39.6 Å². The van der Waals surface area contributed by atoms with Gasteiger partial charge in [0, 0.05) is 49.2 Å². The fourth-order valence-corrected chi connectivity index (χ4v) is 16.4. The summed E-state index contributed by atoms with van der Waals surface area (Å²) >= 11 is 0. The molecular formula is C64H51N3Si. The van der Waals surface area contributed by atoms with Gasteiger partial charge in [-0.1, -0.05) is 228 Å². The summed E-state index contributed by atoms with van der Waals surface area (Å²) in [4.78, 5) is 11.2. The summed E-state index contributed by atoms with van der Waals surface area (Å²) in [5.41, 5.74) is 13.5. The molecule has 3 nitrogen and oxygen atoms in total. The molecular weight excluding hydrogens is 839 g/mol. The van der Waals surface area contributed by atoms with Gasteiger partial charge in [-0.2, -0.15) is 0 Å². The Bertz CT molecular complexity index is 3490. The highest BCUT2D eigenvalue weighted by Crippen LogP contribution is 2.42. The van der Waals surface area contributed by atoms with E-state index in [4.69, 9.17) is 9.97 Å². The van der Waals surface area contributed by atoms with Crippen molar-refractivity contribution < 1.29 is 0 Å². The molecule has 0 radical (unpaired) electrons. The van der Waals surface area contributed by atoms with Gasteiger partial charge in [0.05, 0.1) is 22.4 Å². The van der Waals surface area contributed by atoms with Crippen molar-refractivity contribution in [3.63, 3.8) is 0 Å². The molecule has 0 amide bonds. The van der Waals surface area contributed by atoms with E-state index in [2.05, 4.69) is 269 Å². The van der Waals surface area contributed by atoms with Crippen LogP contribution in [0.1, 0.15) is 49.9 Å². The van der Waals surface area contributed by atoms with Crippen molar-refractivity contribution in [1.82, 2.24) is 14.5 Å². The lowest BCUT2D eigenvalue weighted by atomic mass is 9.77. The standard InChI is InChI=1S/C64H51N3Si/c1-63(2,46-27-15-7-16-28-46)48-35-39-56-54(41-48)55-42-49(64(3,4)47-29-17-8-18-30-47)36-40-57(55)67(56)50-37-38-53-58(43-50)68(51-31-19-9-20-32-51,52-33-21-10-22-34-52)61-59(44-23-11-5-12-24-44)65-62(66-60(53)61)45-25-13-6-14-26-45/h5-43H,1-4H3. The van der Waals surface area contributed by atoms with Crippen molar-refractivity contribution in [2.24, 2.45) is 0 Å². The van der Waals surface area contributed by atoms with E-state index in [1.54, 1.807) is 0 Å². The first-order valence-corrected chi connectivity index (χ1v) is 25.7. The summed E-state index contributed by atoms with van der Waals surface area (Å²) in [6, 6.07) is 87.0. The van der Waals surface area contributed by atoms with Crippen molar-refractivity contribution >= 4 is 50.6 Å². The van der Waals surface area contributed by atoms with Crippen molar-refractivity contribution in [2.45, 2.75) is 38.5 Å². The van der Waals surface area contributed by atoms with Crippen molar-refractivity contribution in [1.29, 1.82) is 0 Å². The predicted octanol–water partition coefficient (Wildman–Crippen LogP) is 12.9. The molecule has 0 N–H and O–H groups in total. The highest BCUT2D eigenvalue weighted by molar-refractivity contribution is 7.22. The number of rotatable bonds is 9. The average Bonchev–Trinajstić information content (AvgIpc) is 3.89. The Morgan fingerprint density at radius 1 is 0.382 bits per heavy atom. The molecule has 0 saturated carbocycles. The first kappa shape index (κ1) is 41.5. The van der Waals surface area contributed by atoms with E-state index in [0.29, 0.717) is 0 Å². The summed E-state index contributed by atoms with van der Waals surface area (Å²) in [6.45, 7) is 9.38. The molecule has 9 aromatic carbocycles. The fourth-order valence-electron chi connectivity index (χ4n) is 11.1. The lowest BCUT2D eigenvalue weighted by Gasteiger charge is -2.32. The molecule has 11 aromatic rings. The highest BCUT2D eigenvalue weighted by Gasteiger charge is 2.52. The van der Waals surface area contributed by atoms with Crippen molar-refractivity contribution in [2.75, 3.05) is 0 Å². The molecule has 0 atom stereocenters. The van der Waals surface area contributed by atoms with Gasteiger partial charge < -0.3 is 4.57 Å². The van der Waals surface area contributed by atoms with Crippen molar-refractivity contribution in [3.05, 3.63) is 259 Å². The van der Waals surface area contributed by atoms with Gasteiger partial charge in [-0.25, -0.2) is 9.97 Å². The third-order valence-corrected chi connectivity index (χ3v) is 19.7. The zero-order valence-electron chi connectivity index (χ0n) is 38.9. The highest BCUT2D eigenvalue weighted by atomic mass is 28.3. The topological polar surface area (TPSA) is 30.7 Å². The number of aromatic nitrogens is 3. The van der Waals surface area contributed by atoms with Crippen LogP contribution in [-0.2, 0) is 10.8 Å². The van der Waals surface area contributed by atoms with Gasteiger partial charge in [0.25, 0.3) is 0 Å². The minimum absolute atomic E-state index is 0.211. The van der Waals surface area contributed by atoms with Crippen LogP contribution in [0.15, 0.2) is 237 Å². The minimum atomic E-state index is -3.14. The second-order valence-corrected chi connectivity index (χ2v) is 23.0. The van der Waals surface area contributed by atoms with E-state index < -0.39 is 8.07 Å². The Balaban J connectivity index is 1.16. The first-order chi connectivity index (χ1) is 33.2. The maximum atomic E-state index is 5.62. The Labute approximate surface area is 400 Å². The summed E-state index contributed by atoms with van der Waals surface area (Å²) < 4.78 is 2.51. The third kappa shape index (κ3) is 6.46. The molecule has 68 heavy (non-hydrogen) atoms. The van der Waals surface area contributed by atoms with Gasteiger partial charge in [0.1, 0.15) is 0 Å². The zero-order valence-corrected chi connectivity index (χ0v) is 39.9. The maximum Gasteiger partial charge on any atom is 0.185 e. The van der Waals surface area contributed by atoms with Gasteiger partial charge in [0.15, 0.2) is 13.9 Å².